The molecule has 126 valence electrons. The van der Waals surface area contributed by atoms with Crippen LogP contribution in [0.5, 0.6) is 0 Å². The highest BCUT2D eigenvalue weighted by Crippen LogP contribution is 2.38. The maximum atomic E-state index is 5.20. The molecule has 1 saturated carbocycles. The molecular formula is C17H27N5O. The van der Waals surface area contributed by atoms with E-state index in [0.717, 1.165) is 24.0 Å². The summed E-state index contributed by atoms with van der Waals surface area (Å²) >= 11 is 0. The third-order valence-corrected chi connectivity index (χ3v) is 5.03. The van der Waals surface area contributed by atoms with Gasteiger partial charge in [0.05, 0.1) is 12.3 Å². The monoisotopic (exact) mass is 317 g/mol. The molecule has 0 atom stereocenters. The third-order valence-electron chi connectivity index (χ3n) is 5.03. The summed E-state index contributed by atoms with van der Waals surface area (Å²) in [7, 11) is 1.68. The number of hydrogen-bond donors (Lipinski definition) is 1. The molecule has 2 aromatic rings. The van der Waals surface area contributed by atoms with Crippen molar-refractivity contribution in [2.45, 2.75) is 52.6 Å². The van der Waals surface area contributed by atoms with Gasteiger partial charge in [-0.2, -0.15) is 14.6 Å². The molecule has 0 saturated heterocycles. The molecule has 0 radical (unpaired) electrons. The molecule has 0 aliphatic heterocycles. The van der Waals surface area contributed by atoms with Crippen LogP contribution in [-0.2, 0) is 11.3 Å². The number of nitrogens with zero attached hydrogens (tertiary/aromatic N) is 4. The van der Waals surface area contributed by atoms with Crippen LogP contribution in [0.2, 0.25) is 0 Å². The lowest BCUT2D eigenvalue weighted by molar-refractivity contribution is 0.171. The van der Waals surface area contributed by atoms with Gasteiger partial charge in [0.25, 0.3) is 5.78 Å². The highest BCUT2D eigenvalue weighted by atomic mass is 16.5. The number of ether oxygens (including phenoxy) is 1. The van der Waals surface area contributed by atoms with Crippen molar-refractivity contribution in [2.75, 3.05) is 19.0 Å². The Morgan fingerprint density at radius 1 is 1.30 bits per heavy atom. The summed E-state index contributed by atoms with van der Waals surface area (Å²) < 4.78 is 6.96. The summed E-state index contributed by atoms with van der Waals surface area (Å²) in [5, 5.41) is 7.85. The van der Waals surface area contributed by atoms with Gasteiger partial charge in [-0.25, -0.2) is 4.98 Å². The summed E-state index contributed by atoms with van der Waals surface area (Å²) in [5.74, 6) is 2.33. The molecule has 0 spiro atoms. The van der Waals surface area contributed by atoms with Crippen molar-refractivity contribution in [3.05, 3.63) is 18.1 Å². The average Bonchev–Trinajstić information content (AvgIpc) is 3.02. The number of nitrogens with one attached hydrogen (secondary N) is 1. The predicted octanol–water partition coefficient (Wildman–Crippen LogP) is 3.29. The van der Waals surface area contributed by atoms with Gasteiger partial charge in [-0.05, 0) is 24.2 Å². The van der Waals surface area contributed by atoms with E-state index in [0.29, 0.717) is 12.4 Å². The van der Waals surface area contributed by atoms with Gasteiger partial charge in [-0.15, -0.1) is 0 Å². The highest BCUT2D eigenvalue weighted by Gasteiger charge is 2.30. The van der Waals surface area contributed by atoms with Crippen molar-refractivity contribution in [3.63, 3.8) is 0 Å². The van der Waals surface area contributed by atoms with E-state index < -0.39 is 0 Å². The highest BCUT2D eigenvalue weighted by molar-refractivity contribution is 5.45. The van der Waals surface area contributed by atoms with E-state index in [9.17, 15) is 0 Å². The summed E-state index contributed by atoms with van der Waals surface area (Å²) in [6.07, 6.45) is 8.36. The number of hydrogen-bond acceptors (Lipinski definition) is 5. The second-order valence-electron chi connectivity index (χ2n) is 7.21. The van der Waals surface area contributed by atoms with Crippen LogP contribution >= 0.6 is 0 Å². The molecule has 1 aliphatic rings. The van der Waals surface area contributed by atoms with Gasteiger partial charge in [0.2, 0.25) is 0 Å². The zero-order valence-corrected chi connectivity index (χ0v) is 14.4. The number of fused-ring (bicyclic) bond motifs is 1. The van der Waals surface area contributed by atoms with E-state index >= 15 is 0 Å². The van der Waals surface area contributed by atoms with E-state index in [1.807, 2.05) is 6.07 Å². The lowest BCUT2D eigenvalue weighted by Crippen LogP contribution is -2.33. The minimum atomic E-state index is 0.262. The van der Waals surface area contributed by atoms with Crippen LogP contribution in [-0.4, -0.2) is 33.2 Å². The second-order valence-corrected chi connectivity index (χ2v) is 7.21. The van der Waals surface area contributed by atoms with Crippen LogP contribution < -0.4 is 5.32 Å². The van der Waals surface area contributed by atoms with Crippen molar-refractivity contribution in [2.24, 2.45) is 11.3 Å². The van der Waals surface area contributed by atoms with Gasteiger partial charge >= 0.3 is 0 Å². The Morgan fingerprint density at radius 2 is 2.09 bits per heavy atom. The maximum absolute atomic E-state index is 5.20. The third kappa shape index (κ3) is 3.63. The van der Waals surface area contributed by atoms with Crippen molar-refractivity contribution in [1.29, 1.82) is 0 Å². The van der Waals surface area contributed by atoms with Gasteiger partial charge in [0.1, 0.15) is 12.1 Å². The predicted molar refractivity (Wildman–Crippen MR) is 90.3 cm³/mol. The first kappa shape index (κ1) is 16.2. The zero-order chi connectivity index (χ0) is 16.3. The molecule has 6 heteroatoms. The fraction of sp³-hybridized carbons (Fsp3) is 0.706. The lowest BCUT2D eigenvalue weighted by atomic mass is 9.71. The molecule has 0 aromatic carbocycles. The topological polar surface area (TPSA) is 64.3 Å². The number of rotatable bonds is 6. The molecule has 0 unspecified atom stereocenters. The quantitative estimate of drug-likeness (QED) is 0.885. The van der Waals surface area contributed by atoms with E-state index in [1.54, 1.807) is 11.6 Å². The van der Waals surface area contributed by atoms with Crippen LogP contribution in [0.4, 0.5) is 5.82 Å². The fourth-order valence-corrected chi connectivity index (χ4v) is 3.56. The summed E-state index contributed by atoms with van der Waals surface area (Å²) in [6.45, 7) is 6.13. The van der Waals surface area contributed by atoms with Gasteiger partial charge in [-0.3, -0.25) is 0 Å². The normalized spacial score (nSPS) is 16.8. The van der Waals surface area contributed by atoms with E-state index in [2.05, 4.69) is 34.2 Å². The summed E-state index contributed by atoms with van der Waals surface area (Å²) in [4.78, 5) is 8.65. The van der Waals surface area contributed by atoms with Gasteiger partial charge in [-0.1, -0.05) is 33.1 Å². The van der Waals surface area contributed by atoms with Crippen molar-refractivity contribution in [3.8, 4) is 0 Å². The number of anilines is 1. The molecule has 0 amide bonds. The first-order chi connectivity index (χ1) is 11.1. The Bertz CT molecular complexity index is 645. The molecule has 2 aromatic heterocycles. The molecule has 1 N–H and O–H groups in total. The molecule has 6 nitrogen and oxygen atoms in total. The summed E-state index contributed by atoms with van der Waals surface area (Å²) in [5.41, 5.74) is 1.13. The molecule has 1 fully saturated rings. The van der Waals surface area contributed by atoms with Crippen molar-refractivity contribution in [1.82, 2.24) is 19.6 Å². The first-order valence-electron chi connectivity index (χ1n) is 8.52. The zero-order valence-electron chi connectivity index (χ0n) is 14.4. The van der Waals surface area contributed by atoms with Gasteiger partial charge < -0.3 is 10.1 Å². The fourth-order valence-electron chi connectivity index (χ4n) is 3.56. The van der Waals surface area contributed by atoms with Gasteiger partial charge in [0.15, 0.2) is 0 Å². The van der Waals surface area contributed by atoms with Crippen molar-refractivity contribution >= 4 is 11.6 Å². The smallest absolute Gasteiger partial charge is 0.254 e. The number of methoxy groups -OCH3 is 1. The SMILES string of the molecule is COCc1cc(NCC(C)(C)C2CCCCC2)n2ncnc2n1. The van der Waals surface area contributed by atoms with E-state index in [4.69, 9.17) is 4.74 Å². The van der Waals surface area contributed by atoms with Gasteiger partial charge in [0, 0.05) is 19.7 Å². The van der Waals surface area contributed by atoms with Crippen LogP contribution in [0.1, 0.15) is 51.6 Å². The van der Waals surface area contributed by atoms with Crippen LogP contribution in [0.15, 0.2) is 12.4 Å². The Balaban J connectivity index is 1.76. The second kappa shape index (κ2) is 6.83. The first-order valence-corrected chi connectivity index (χ1v) is 8.52. The Hall–Kier alpha value is -1.69. The Kier molecular flexibility index (Phi) is 4.80. The van der Waals surface area contributed by atoms with Crippen molar-refractivity contribution < 1.29 is 4.74 Å². The van der Waals surface area contributed by atoms with Crippen LogP contribution in [0.3, 0.4) is 0 Å². The minimum absolute atomic E-state index is 0.262. The Labute approximate surface area is 137 Å². The Morgan fingerprint density at radius 3 is 2.83 bits per heavy atom. The molecule has 1 aliphatic carbocycles. The minimum Gasteiger partial charge on any atom is -0.378 e. The average molecular weight is 317 g/mol. The number of aromatic nitrogens is 4. The summed E-state index contributed by atoms with van der Waals surface area (Å²) in [6, 6.07) is 2.00. The molecule has 0 bridgehead atoms. The molecule has 23 heavy (non-hydrogen) atoms. The van der Waals surface area contributed by atoms with E-state index in [-0.39, 0.29) is 5.41 Å². The van der Waals surface area contributed by atoms with Crippen LogP contribution in [0.25, 0.3) is 5.78 Å². The maximum Gasteiger partial charge on any atom is 0.254 e. The standard InChI is InChI=1S/C17H27N5O/c1-17(2,13-7-5-4-6-8-13)11-18-15-9-14(10-23-3)21-16-19-12-20-22(15)16/h9,12-13,18H,4-8,10-11H2,1-3H3. The molecule has 2 heterocycles. The molecular weight excluding hydrogens is 290 g/mol. The van der Waals surface area contributed by atoms with Crippen LogP contribution in [0, 0.1) is 11.3 Å². The molecule has 3 rings (SSSR count). The van der Waals surface area contributed by atoms with E-state index in [1.165, 1.54) is 38.4 Å². The largest absolute Gasteiger partial charge is 0.378 e. The lowest BCUT2D eigenvalue weighted by Gasteiger charge is -2.37.